The summed E-state index contributed by atoms with van der Waals surface area (Å²) in [6.07, 6.45) is 3.63. The van der Waals surface area contributed by atoms with Crippen LogP contribution in [0.15, 0.2) is 12.4 Å². The van der Waals surface area contributed by atoms with Crippen LogP contribution in [0.25, 0.3) is 5.65 Å². The number of nitrogens with zero attached hydrogens (tertiary/aromatic N) is 4. The Labute approximate surface area is 76.8 Å². The van der Waals surface area contributed by atoms with Gasteiger partial charge in [-0.25, -0.2) is 0 Å². The Balaban J connectivity index is 2.87. The van der Waals surface area contributed by atoms with Crippen LogP contribution in [0.4, 0.5) is 0 Å². The Morgan fingerprint density at radius 3 is 3.09 bits per heavy atom. The number of rotatable bonds is 0. The van der Waals surface area contributed by atoms with E-state index in [0.717, 1.165) is 15.2 Å². The topological polar surface area (TPSA) is 43.1 Å². The predicted molar refractivity (Wildman–Crippen MR) is 48.2 cm³/mol. The molecular formula is C6H5IN4. The predicted octanol–water partition coefficient (Wildman–Crippen LogP) is 1.04. The van der Waals surface area contributed by atoms with Crippen molar-refractivity contribution in [3.05, 3.63) is 21.9 Å². The number of halogens is 1. The van der Waals surface area contributed by atoms with Gasteiger partial charge in [0.15, 0.2) is 9.48 Å². The molecule has 0 saturated carbocycles. The van der Waals surface area contributed by atoms with Crippen molar-refractivity contribution in [2.75, 3.05) is 0 Å². The van der Waals surface area contributed by atoms with Crippen LogP contribution in [0.5, 0.6) is 0 Å². The fourth-order valence-corrected chi connectivity index (χ4v) is 1.36. The summed E-state index contributed by atoms with van der Waals surface area (Å²) in [6.45, 7) is 1.94. The third-order valence-corrected chi connectivity index (χ3v) is 2.12. The smallest absolute Gasteiger partial charge is 0.198 e. The fraction of sp³-hybridized carbons (Fsp3) is 0.167. The van der Waals surface area contributed by atoms with Crippen molar-refractivity contribution in [1.29, 1.82) is 0 Å². The van der Waals surface area contributed by atoms with Crippen LogP contribution in [0.2, 0.25) is 0 Å². The molecule has 0 fully saturated rings. The van der Waals surface area contributed by atoms with E-state index in [1.807, 2.05) is 17.5 Å². The van der Waals surface area contributed by atoms with Gasteiger partial charge in [-0.05, 0) is 6.92 Å². The van der Waals surface area contributed by atoms with E-state index in [9.17, 15) is 0 Å². The maximum absolute atomic E-state index is 4.09. The summed E-state index contributed by atoms with van der Waals surface area (Å²) in [7, 11) is 0. The molecule has 4 nitrogen and oxygen atoms in total. The van der Waals surface area contributed by atoms with E-state index in [0.29, 0.717) is 0 Å². The largest absolute Gasteiger partial charge is 0.275 e. The first-order valence-corrected chi connectivity index (χ1v) is 4.18. The highest BCUT2D eigenvalue weighted by Crippen LogP contribution is 2.04. The Morgan fingerprint density at radius 2 is 2.27 bits per heavy atom. The molecule has 0 unspecified atom stereocenters. The molecule has 0 amide bonds. The second-order valence-electron chi connectivity index (χ2n) is 2.23. The third-order valence-electron chi connectivity index (χ3n) is 1.38. The first-order chi connectivity index (χ1) is 5.27. The number of fused-ring (bicyclic) bond motifs is 1. The summed E-state index contributed by atoms with van der Waals surface area (Å²) >= 11 is 2.13. The van der Waals surface area contributed by atoms with Gasteiger partial charge in [-0.1, -0.05) is 0 Å². The number of hydrogen-bond donors (Lipinski definition) is 0. The molecule has 0 radical (unpaired) electrons. The lowest BCUT2D eigenvalue weighted by molar-refractivity contribution is 1.03. The quantitative estimate of drug-likeness (QED) is 0.664. The Kier molecular flexibility index (Phi) is 1.52. The van der Waals surface area contributed by atoms with E-state index >= 15 is 0 Å². The molecule has 11 heavy (non-hydrogen) atoms. The molecule has 0 N–H and O–H groups in total. The van der Waals surface area contributed by atoms with Crippen LogP contribution < -0.4 is 0 Å². The van der Waals surface area contributed by atoms with Gasteiger partial charge in [0.25, 0.3) is 0 Å². The van der Waals surface area contributed by atoms with E-state index < -0.39 is 0 Å². The maximum Gasteiger partial charge on any atom is 0.198 e. The summed E-state index contributed by atoms with van der Waals surface area (Å²) < 4.78 is 2.77. The van der Waals surface area contributed by atoms with Crippen molar-refractivity contribution in [2.45, 2.75) is 6.92 Å². The lowest BCUT2D eigenvalue weighted by Gasteiger charge is -1.93. The van der Waals surface area contributed by atoms with Crippen LogP contribution >= 0.6 is 22.6 Å². The van der Waals surface area contributed by atoms with Crippen LogP contribution in [-0.4, -0.2) is 19.6 Å². The van der Waals surface area contributed by atoms with E-state index in [1.54, 1.807) is 6.20 Å². The van der Waals surface area contributed by atoms with Crippen molar-refractivity contribution < 1.29 is 0 Å². The van der Waals surface area contributed by atoms with Crippen LogP contribution in [-0.2, 0) is 0 Å². The second kappa shape index (κ2) is 2.40. The normalized spacial score (nSPS) is 10.7. The average molecular weight is 260 g/mol. The standard InChI is InChI=1S/C6H5IN4/c1-4-3-11-5(2-8-4)9-10-6(11)7/h2-3H,1H3. The van der Waals surface area contributed by atoms with Gasteiger partial charge in [-0.2, -0.15) is 0 Å². The molecule has 0 aliphatic heterocycles. The summed E-state index contributed by atoms with van der Waals surface area (Å²) in [6, 6.07) is 0. The Morgan fingerprint density at radius 1 is 1.45 bits per heavy atom. The minimum atomic E-state index is 0.792. The van der Waals surface area contributed by atoms with Gasteiger partial charge in [-0.3, -0.25) is 9.38 Å². The van der Waals surface area contributed by atoms with E-state index in [2.05, 4.69) is 37.8 Å². The maximum atomic E-state index is 4.09. The second-order valence-corrected chi connectivity index (χ2v) is 3.19. The molecule has 0 aliphatic rings. The molecule has 0 atom stereocenters. The molecule has 2 aromatic rings. The molecule has 0 saturated heterocycles. The van der Waals surface area contributed by atoms with E-state index in [4.69, 9.17) is 0 Å². The average Bonchev–Trinajstić information content (AvgIpc) is 2.33. The highest BCUT2D eigenvalue weighted by molar-refractivity contribution is 14.1. The SMILES string of the molecule is Cc1cn2c(I)nnc2cn1. The first-order valence-electron chi connectivity index (χ1n) is 3.10. The highest BCUT2D eigenvalue weighted by atomic mass is 127. The van der Waals surface area contributed by atoms with Crippen molar-refractivity contribution in [3.8, 4) is 0 Å². The van der Waals surface area contributed by atoms with Gasteiger partial charge < -0.3 is 0 Å². The Bertz CT molecular complexity index is 394. The van der Waals surface area contributed by atoms with Gasteiger partial charge >= 0.3 is 0 Å². The van der Waals surface area contributed by atoms with Gasteiger partial charge in [0.2, 0.25) is 0 Å². The summed E-state index contributed by atoms with van der Waals surface area (Å²) in [5.41, 5.74) is 1.76. The molecule has 0 bridgehead atoms. The number of aryl methyl sites for hydroxylation is 1. The number of aromatic nitrogens is 4. The van der Waals surface area contributed by atoms with Crippen LogP contribution in [0.3, 0.4) is 0 Å². The first kappa shape index (κ1) is 6.96. The highest BCUT2D eigenvalue weighted by Gasteiger charge is 2.00. The van der Waals surface area contributed by atoms with E-state index in [1.165, 1.54) is 0 Å². The minimum Gasteiger partial charge on any atom is -0.275 e. The molecule has 2 rings (SSSR count). The molecule has 2 aromatic heterocycles. The third kappa shape index (κ3) is 1.09. The van der Waals surface area contributed by atoms with E-state index in [-0.39, 0.29) is 0 Å². The zero-order chi connectivity index (χ0) is 7.84. The van der Waals surface area contributed by atoms with Crippen molar-refractivity contribution >= 4 is 28.2 Å². The molecule has 0 aliphatic carbocycles. The van der Waals surface area contributed by atoms with Crippen LogP contribution in [0, 0.1) is 10.8 Å². The summed E-state index contributed by atoms with van der Waals surface area (Å²) in [5, 5.41) is 7.80. The van der Waals surface area contributed by atoms with Crippen molar-refractivity contribution in [3.63, 3.8) is 0 Å². The van der Waals surface area contributed by atoms with Crippen LogP contribution in [0.1, 0.15) is 5.69 Å². The molecule has 0 aromatic carbocycles. The fourth-order valence-electron chi connectivity index (χ4n) is 0.871. The van der Waals surface area contributed by atoms with Gasteiger partial charge in [0, 0.05) is 28.8 Å². The monoisotopic (exact) mass is 260 g/mol. The van der Waals surface area contributed by atoms with Gasteiger partial charge in [0.1, 0.15) is 0 Å². The van der Waals surface area contributed by atoms with Gasteiger partial charge in [-0.15, -0.1) is 10.2 Å². The summed E-state index contributed by atoms with van der Waals surface area (Å²) in [5.74, 6) is 0. The molecular weight excluding hydrogens is 255 g/mol. The van der Waals surface area contributed by atoms with Gasteiger partial charge in [0.05, 0.1) is 11.9 Å². The minimum absolute atomic E-state index is 0.792. The molecule has 2 heterocycles. The summed E-state index contributed by atoms with van der Waals surface area (Å²) in [4.78, 5) is 4.09. The molecule has 0 spiro atoms. The van der Waals surface area contributed by atoms with Crippen molar-refractivity contribution in [1.82, 2.24) is 19.6 Å². The zero-order valence-electron chi connectivity index (χ0n) is 5.82. The van der Waals surface area contributed by atoms with Crippen molar-refractivity contribution in [2.24, 2.45) is 0 Å². The lowest BCUT2D eigenvalue weighted by atomic mass is 10.5. The molecule has 56 valence electrons. The number of hydrogen-bond acceptors (Lipinski definition) is 3. The zero-order valence-corrected chi connectivity index (χ0v) is 7.98. The molecule has 5 heteroatoms. The Hall–Kier alpha value is -0.720. The lowest BCUT2D eigenvalue weighted by Crippen LogP contribution is -1.90.